The molecular weight excluding hydrogens is 823 g/mol. The molecule has 0 aromatic heterocycles. The van der Waals surface area contributed by atoms with Gasteiger partial charge in [0.1, 0.15) is 11.6 Å². The molecule has 5 aliphatic heterocycles. The van der Waals surface area contributed by atoms with Gasteiger partial charge in [0.2, 0.25) is 5.79 Å². The predicted molar refractivity (Wildman–Crippen MR) is 226 cm³/mol. The quantitative estimate of drug-likeness (QED) is 0.157. The van der Waals surface area contributed by atoms with Crippen molar-refractivity contribution in [2.24, 2.45) is 41.4 Å². The normalized spacial score (nSPS) is 40.4. The largest absolute Gasteiger partial charge is 1.00 e. The zero-order valence-corrected chi connectivity index (χ0v) is 41.5. The topological polar surface area (TPSA) is 170 Å². The van der Waals surface area contributed by atoms with E-state index < -0.39 is 107 Å². The fourth-order valence-corrected chi connectivity index (χ4v) is 11.4. The fraction of sp³-hybridized carbons (Fsp3) is 0.776. The summed E-state index contributed by atoms with van der Waals surface area (Å²) in [5.74, 6) is -8.22. The number of carboxylic acids is 1. The minimum atomic E-state index is -1.53. The number of benzene rings is 1. The Morgan fingerprint density at radius 3 is 2.17 bits per heavy atom. The van der Waals surface area contributed by atoms with Crippen molar-refractivity contribution in [2.45, 2.75) is 199 Å². The van der Waals surface area contributed by atoms with Crippen LogP contribution in [0.2, 0.25) is 0 Å². The Labute approximate surface area is 396 Å². The van der Waals surface area contributed by atoms with Gasteiger partial charge in [-0.15, -0.1) is 0 Å². The Bertz CT molecular complexity index is 1780. The molecule has 14 heteroatoms. The average Bonchev–Trinajstić information content (AvgIpc) is 3.58. The number of Topliss-reactive ketones (excluding diaryl/α,β-unsaturated/α-hetero) is 1. The van der Waals surface area contributed by atoms with Gasteiger partial charge in [0.15, 0.2) is 11.9 Å². The molecule has 2 N–H and O–H groups in total. The molecule has 0 bridgehead atoms. The molecule has 0 unspecified atom stereocenters. The van der Waals surface area contributed by atoms with Gasteiger partial charge in [-0.1, -0.05) is 55.4 Å². The van der Waals surface area contributed by atoms with Crippen LogP contribution in [0.5, 0.6) is 0 Å². The number of ether oxygens (including phenoxy) is 6. The van der Waals surface area contributed by atoms with Crippen LogP contribution in [0, 0.1) is 47.2 Å². The number of esters is 1. The van der Waals surface area contributed by atoms with Crippen LogP contribution in [0.15, 0.2) is 36.4 Å². The maximum atomic E-state index is 14.7. The maximum Gasteiger partial charge on any atom is 1.00 e. The molecule has 6 rings (SSSR count). The second-order valence-electron chi connectivity index (χ2n) is 19.8. The molecule has 0 saturated carbocycles. The second kappa shape index (κ2) is 20.6. The van der Waals surface area contributed by atoms with E-state index in [-0.39, 0.29) is 58.7 Å². The third-order valence-electron chi connectivity index (χ3n) is 15.7. The average molecular weight is 895 g/mol. The number of ketones is 1. The minimum absolute atomic E-state index is 0. The van der Waals surface area contributed by atoms with E-state index in [1.165, 1.54) is 24.3 Å². The Balaban J connectivity index is 0.00000748. The van der Waals surface area contributed by atoms with Gasteiger partial charge in [-0.3, -0.25) is 4.79 Å². The van der Waals surface area contributed by atoms with Crippen LogP contribution >= 0.6 is 0 Å². The van der Waals surface area contributed by atoms with Gasteiger partial charge < -0.3 is 48.5 Å². The van der Waals surface area contributed by atoms with E-state index in [1.807, 2.05) is 48.5 Å². The first-order valence-corrected chi connectivity index (χ1v) is 23.4. The van der Waals surface area contributed by atoms with Gasteiger partial charge in [0.05, 0.1) is 53.4 Å². The summed E-state index contributed by atoms with van der Waals surface area (Å²) in [5, 5.41) is 35.0. The molecule has 0 amide bonds. The van der Waals surface area contributed by atoms with Crippen LogP contribution < -0.4 is 34.7 Å². The summed E-state index contributed by atoms with van der Waals surface area (Å²) in [4.78, 5) is 40.2. The van der Waals surface area contributed by atoms with Gasteiger partial charge in [0, 0.05) is 42.0 Å². The van der Waals surface area contributed by atoms with Crippen LogP contribution in [0.25, 0.3) is 0 Å². The number of carbonyl (C=O) groups excluding carboxylic acids is 3. The number of aliphatic hydroxyl groups excluding tert-OH is 1. The van der Waals surface area contributed by atoms with E-state index in [0.29, 0.717) is 57.8 Å². The molecule has 348 valence electrons. The number of aliphatic hydroxyl groups is 2. The molecule has 5 aliphatic rings. The monoisotopic (exact) mass is 894 g/mol. The number of carbonyl (C=O) groups is 3. The van der Waals surface area contributed by atoms with Crippen molar-refractivity contribution in [2.75, 3.05) is 0 Å². The molecule has 18 atom stereocenters. The molecule has 1 aromatic carbocycles. The molecule has 0 aliphatic carbocycles. The Morgan fingerprint density at radius 2 is 1.57 bits per heavy atom. The number of halogens is 1. The van der Waals surface area contributed by atoms with Crippen molar-refractivity contribution in [3.8, 4) is 0 Å². The third-order valence-corrected chi connectivity index (χ3v) is 15.7. The number of aliphatic carboxylic acids is 1. The Morgan fingerprint density at radius 1 is 0.905 bits per heavy atom. The first-order valence-electron chi connectivity index (χ1n) is 23.4. The van der Waals surface area contributed by atoms with Crippen molar-refractivity contribution < 1.29 is 92.1 Å². The Kier molecular flexibility index (Phi) is 17.1. The van der Waals surface area contributed by atoms with Crippen LogP contribution in [-0.4, -0.2) is 93.4 Å². The van der Waals surface area contributed by atoms with Crippen LogP contribution in [0.4, 0.5) is 4.39 Å². The molecule has 4 saturated heterocycles. The summed E-state index contributed by atoms with van der Waals surface area (Å²) in [6.07, 6.45) is 4.20. The van der Waals surface area contributed by atoms with Gasteiger partial charge in [-0.25, -0.2) is 9.18 Å². The molecule has 5 heterocycles. The predicted octanol–water partition coefficient (Wildman–Crippen LogP) is 3.86. The zero-order chi connectivity index (χ0) is 45.5. The van der Waals surface area contributed by atoms with Crippen molar-refractivity contribution in [3.63, 3.8) is 0 Å². The molecule has 12 nitrogen and oxygen atoms in total. The molecule has 63 heavy (non-hydrogen) atoms. The smallest absolute Gasteiger partial charge is 0.550 e. The SMILES string of the molecule is CC[C@@H](C(=O)[C@@H](C)[C@@H](O)[C@H](C)[C@@H]1O[C@@H]([C@@H](CC)C(=O)[O-])CC[C@@H]1C)[C@H]1O[C@]2(C=C[C@@H](OC(=O)c3ccc(F)cc3)[C@]3(CC[C@@](C)([C@H]4CC[C@](O)(CC)[C@H](C)O4)O3)O2)[C@H](C)C[C@@H]1C.[Na+]. The van der Waals surface area contributed by atoms with Gasteiger partial charge >= 0.3 is 35.5 Å². The standard InChI is InChI=1S/C49H73FO12.Na/c1-11-35(44(53)54)37-19-14-27(4)42(58-37)31(8)40(51)30(7)41(52)36(12-2)43-28(5)26-29(6)48(60-43)23-21-39(59-45(55)33-15-17-34(50)18-16-33)49(62-48)25-24-46(10,61-49)38-20-22-47(56,13-3)32(9)57-38;/h15-18,21,23,27-32,35-40,42-43,51,56H,11-14,19-20,22,24-26H2,1-10H3,(H,53,54);/q;+1/p-1/t27-,28-,29+,30-,31-,32-,35+,36-,37+,38+,39+,40+,42+,43-,46-,47+,48-,49-;/m0./s1. The van der Waals surface area contributed by atoms with E-state index in [4.69, 9.17) is 28.4 Å². The number of hydrogen-bond acceptors (Lipinski definition) is 12. The summed E-state index contributed by atoms with van der Waals surface area (Å²) >= 11 is 0. The van der Waals surface area contributed by atoms with Crippen LogP contribution in [0.1, 0.15) is 144 Å². The minimum Gasteiger partial charge on any atom is -0.550 e. The van der Waals surface area contributed by atoms with E-state index in [2.05, 4.69) is 6.92 Å². The van der Waals surface area contributed by atoms with E-state index >= 15 is 0 Å². The van der Waals surface area contributed by atoms with Gasteiger partial charge in [-0.05, 0) is 120 Å². The van der Waals surface area contributed by atoms with E-state index in [1.54, 1.807) is 26.0 Å². The summed E-state index contributed by atoms with van der Waals surface area (Å²) in [7, 11) is 0. The Hall–Kier alpha value is -1.78. The molecular formula is C49H72FNaO12. The second-order valence-corrected chi connectivity index (χ2v) is 19.8. The van der Waals surface area contributed by atoms with E-state index in [0.717, 1.165) is 6.42 Å². The summed E-state index contributed by atoms with van der Waals surface area (Å²) in [5.41, 5.74) is -1.69. The maximum absolute atomic E-state index is 14.7. The summed E-state index contributed by atoms with van der Waals surface area (Å²) < 4.78 is 54.2. The molecule has 1 aromatic rings. The van der Waals surface area contributed by atoms with Crippen LogP contribution in [0.3, 0.4) is 0 Å². The summed E-state index contributed by atoms with van der Waals surface area (Å²) in [6, 6.07) is 5.12. The number of carboxylic acid groups (broad SMARTS) is 1. The van der Waals surface area contributed by atoms with Crippen molar-refractivity contribution in [3.05, 3.63) is 47.8 Å². The first kappa shape index (κ1) is 52.2. The first-order chi connectivity index (χ1) is 29.2. The van der Waals surface area contributed by atoms with Crippen molar-refractivity contribution >= 4 is 17.7 Å². The number of rotatable bonds is 14. The fourth-order valence-electron chi connectivity index (χ4n) is 11.4. The summed E-state index contributed by atoms with van der Waals surface area (Å²) in [6.45, 7) is 19.3. The van der Waals surface area contributed by atoms with E-state index in [9.17, 15) is 34.1 Å². The van der Waals surface area contributed by atoms with Crippen LogP contribution in [-0.2, 0) is 38.0 Å². The van der Waals surface area contributed by atoms with Crippen molar-refractivity contribution in [1.29, 1.82) is 0 Å². The molecule has 4 fully saturated rings. The zero-order valence-electron chi connectivity index (χ0n) is 39.5. The number of hydrogen-bond donors (Lipinski definition) is 2. The molecule has 0 radical (unpaired) electrons. The third kappa shape index (κ3) is 10.4. The van der Waals surface area contributed by atoms with Crippen molar-refractivity contribution in [1.82, 2.24) is 0 Å². The molecule has 2 spiro atoms. The van der Waals surface area contributed by atoms with Gasteiger partial charge in [0.25, 0.3) is 0 Å². The van der Waals surface area contributed by atoms with Gasteiger partial charge in [-0.2, -0.15) is 0 Å².